The Hall–Kier alpha value is -2.24. The van der Waals surface area contributed by atoms with Crippen molar-refractivity contribution in [1.82, 2.24) is 15.2 Å². The summed E-state index contributed by atoms with van der Waals surface area (Å²) < 4.78 is 12.7. The number of rotatable bonds is 2. The maximum Gasteiger partial charge on any atom is 0.297 e. The molecular weight excluding hydrogens is 223 g/mol. The Balaban J connectivity index is 2.23. The molecule has 0 aliphatic heterocycles. The molecule has 0 radical (unpaired) electrons. The summed E-state index contributed by atoms with van der Waals surface area (Å²) in [5.74, 6) is -0.0283. The van der Waals surface area contributed by atoms with Gasteiger partial charge in [-0.3, -0.25) is 9.89 Å². The fourth-order valence-electron chi connectivity index (χ4n) is 1.37. The molecule has 0 bridgehead atoms. The van der Waals surface area contributed by atoms with Gasteiger partial charge in [-0.15, -0.1) is 5.10 Å². The molecule has 6 heteroatoms. The fourth-order valence-corrected chi connectivity index (χ4v) is 1.37. The highest BCUT2D eigenvalue weighted by molar-refractivity contribution is 6.03. The Bertz CT molecular complexity index is 535. The fraction of sp³-hybridized carbons (Fsp3) is 0.182. The number of hydrogen-bond acceptors (Lipinski definition) is 3. The predicted molar refractivity (Wildman–Crippen MR) is 60.3 cm³/mol. The van der Waals surface area contributed by atoms with E-state index in [2.05, 4.69) is 15.2 Å². The van der Waals surface area contributed by atoms with Crippen molar-refractivity contribution in [3.05, 3.63) is 41.7 Å². The van der Waals surface area contributed by atoms with Crippen LogP contribution >= 0.6 is 0 Å². The van der Waals surface area contributed by atoms with E-state index in [4.69, 9.17) is 0 Å². The van der Waals surface area contributed by atoms with E-state index < -0.39 is 0 Å². The minimum atomic E-state index is -0.346. The summed E-state index contributed by atoms with van der Waals surface area (Å²) in [7, 11) is 1.58. The Kier molecular flexibility index (Phi) is 2.86. The summed E-state index contributed by atoms with van der Waals surface area (Å²) >= 11 is 0. The van der Waals surface area contributed by atoms with Gasteiger partial charge in [0.2, 0.25) is 5.82 Å². The van der Waals surface area contributed by atoms with Crippen molar-refractivity contribution in [2.75, 3.05) is 11.9 Å². The summed E-state index contributed by atoms with van der Waals surface area (Å²) in [5.41, 5.74) is 0.582. The van der Waals surface area contributed by atoms with Gasteiger partial charge < -0.3 is 4.90 Å². The van der Waals surface area contributed by atoms with Crippen molar-refractivity contribution in [2.45, 2.75) is 6.92 Å². The van der Waals surface area contributed by atoms with Gasteiger partial charge in [-0.2, -0.15) is 0 Å². The lowest BCUT2D eigenvalue weighted by Crippen LogP contribution is -2.27. The summed E-state index contributed by atoms with van der Waals surface area (Å²) in [6, 6.07) is 5.63. The highest BCUT2D eigenvalue weighted by Crippen LogP contribution is 2.14. The van der Waals surface area contributed by atoms with E-state index >= 15 is 0 Å². The Labute approximate surface area is 97.3 Å². The van der Waals surface area contributed by atoms with Crippen molar-refractivity contribution in [3.8, 4) is 0 Å². The number of halogens is 1. The number of nitrogens with zero attached hydrogens (tertiary/aromatic N) is 3. The van der Waals surface area contributed by atoms with Gasteiger partial charge in [0.05, 0.1) is 0 Å². The molecule has 2 rings (SSSR count). The minimum Gasteiger partial charge on any atom is -0.309 e. The molecule has 1 amide bonds. The number of H-pyrrole nitrogens is 1. The van der Waals surface area contributed by atoms with Crippen LogP contribution in [0.2, 0.25) is 0 Å². The molecule has 5 nitrogen and oxygen atoms in total. The molecule has 0 aliphatic rings. The first-order valence-corrected chi connectivity index (χ1v) is 5.00. The summed E-state index contributed by atoms with van der Waals surface area (Å²) in [5, 5.41) is 6.37. The van der Waals surface area contributed by atoms with Crippen LogP contribution in [0.5, 0.6) is 0 Å². The molecular formula is C11H11FN4O. The second-order valence-corrected chi connectivity index (χ2v) is 3.59. The van der Waals surface area contributed by atoms with E-state index in [1.165, 1.54) is 29.2 Å². The second kappa shape index (κ2) is 4.32. The highest BCUT2D eigenvalue weighted by atomic mass is 19.1. The lowest BCUT2D eigenvalue weighted by atomic mass is 10.3. The zero-order valence-corrected chi connectivity index (χ0v) is 9.44. The van der Waals surface area contributed by atoms with Crippen LogP contribution in [-0.4, -0.2) is 28.1 Å². The van der Waals surface area contributed by atoms with Crippen molar-refractivity contribution in [3.63, 3.8) is 0 Å². The molecule has 17 heavy (non-hydrogen) atoms. The van der Waals surface area contributed by atoms with Gasteiger partial charge >= 0.3 is 0 Å². The second-order valence-electron chi connectivity index (χ2n) is 3.59. The molecule has 0 spiro atoms. The molecule has 0 saturated heterocycles. The Morgan fingerprint density at radius 1 is 1.35 bits per heavy atom. The van der Waals surface area contributed by atoms with Crippen LogP contribution in [0.15, 0.2) is 24.3 Å². The Morgan fingerprint density at radius 2 is 2.00 bits per heavy atom. The zero-order valence-electron chi connectivity index (χ0n) is 9.44. The van der Waals surface area contributed by atoms with Crippen molar-refractivity contribution in [1.29, 1.82) is 0 Å². The minimum absolute atomic E-state index is 0.0920. The van der Waals surface area contributed by atoms with Gasteiger partial charge in [0.1, 0.15) is 11.6 Å². The van der Waals surface area contributed by atoms with Gasteiger partial charge in [0, 0.05) is 12.7 Å². The number of hydrogen-bond donors (Lipinski definition) is 1. The van der Waals surface area contributed by atoms with Gasteiger partial charge in [0.25, 0.3) is 5.91 Å². The summed E-state index contributed by atoms with van der Waals surface area (Å²) in [6.07, 6.45) is 0. The summed E-state index contributed by atoms with van der Waals surface area (Å²) in [6.45, 7) is 1.71. The number of aromatic nitrogens is 3. The maximum absolute atomic E-state index is 12.7. The molecule has 1 heterocycles. The third-order valence-electron chi connectivity index (χ3n) is 2.31. The van der Waals surface area contributed by atoms with E-state index in [1.54, 1.807) is 14.0 Å². The van der Waals surface area contributed by atoms with Gasteiger partial charge in [-0.25, -0.2) is 9.37 Å². The number of carbonyl (C=O) groups excluding carboxylic acids is 1. The monoisotopic (exact) mass is 234 g/mol. The number of nitrogens with one attached hydrogen (secondary N) is 1. The molecule has 2 aromatic rings. The van der Waals surface area contributed by atoms with E-state index in [9.17, 15) is 9.18 Å². The first kappa shape index (κ1) is 11.3. The molecule has 0 aliphatic carbocycles. The van der Waals surface area contributed by atoms with Crippen LogP contribution in [0, 0.1) is 12.7 Å². The lowest BCUT2D eigenvalue weighted by Gasteiger charge is -2.14. The van der Waals surface area contributed by atoms with Crippen LogP contribution in [0.4, 0.5) is 10.1 Å². The molecule has 1 aromatic carbocycles. The number of benzene rings is 1. The molecule has 1 N–H and O–H groups in total. The van der Waals surface area contributed by atoms with Crippen LogP contribution in [0.1, 0.15) is 16.4 Å². The lowest BCUT2D eigenvalue weighted by molar-refractivity contribution is 0.0983. The average Bonchev–Trinajstić information content (AvgIpc) is 2.75. The van der Waals surface area contributed by atoms with Crippen LogP contribution in [-0.2, 0) is 0 Å². The Morgan fingerprint density at radius 3 is 2.53 bits per heavy atom. The standard InChI is InChI=1S/C11H11FN4O/c1-7-13-10(15-14-7)11(17)16(2)9-5-3-8(12)4-6-9/h3-6H,1-2H3,(H,13,14,15). The number of anilines is 1. The molecule has 1 aromatic heterocycles. The van der Waals surface area contributed by atoms with Gasteiger partial charge in [0.15, 0.2) is 0 Å². The highest BCUT2D eigenvalue weighted by Gasteiger charge is 2.17. The molecule has 0 saturated carbocycles. The van der Waals surface area contributed by atoms with Crippen molar-refractivity contribution >= 4 is 11.6 Å². The smallest absolute Gasteiger partial charge is 0.297 e. The zero-order chi connectivity index (χ0) is 12.4. The van der Waals surface area contributed by atoms with E-state index in [0.717, 1.165) is 0 Å². The molecule has 0 fully saturated rings. The van der Waals surface area contributed by atoms with E-state index in [0.29, 0.717) is 11.5 Å². The third-order valence-corrected chi connectivity index (χ3v) is 2.31. The molecule has 0 atom stereocenters. The summed E-state index contributed by atoms with van der Waals surface area (Å²) in [4.78, 5) is 17.2. The van der Waals surface area contributed by atoms with Gasteiger partial charge in [-0.1, -0.05) is 0 Å². The number of amides is 1. The quantitative estimate of drug-likeness (QED) is 0.857. The van der Waals surface area contributed by atoms with Crippen LogP contribution < -0.4 is 4.90 Å². The van der Waals surface area contributed by atoms with E-state index in [1.807, 2.05) is 0 Å². The third kappa shape index (κ3) is 2.30. The van der Waals surface area contributed by atoms with Crippen LogP contribution in [0.3, 0.4) is 0 Å². The van der Waals surface area contributed by atoms with Crippen molar-refractivity contribution < 1.29 is 9.18 Å². The first-order valence-electron chi connectivity index (χ1n) is 5.00. The maximum atomic E-state index is 12.7. The van der Waals surface area contributed by atoms with Crippen molar-refractivity contribution in [2.24, 2.45) is 0 Å². The number of aromatic amines is 1. The molecule has 0 unspecified atom stereocenters. The van der Waals surface area contributed by atoms with E-state index in [-0.39, 0.29) is 17.5 Å². The van der Waals surface area contributed by atoms with Crippen LogP contribution in [0.25, 0.3) is 0 Å². The number of carbonyl (C=O) groups is 1. The average molecular weight is 234 g/mol. The normalized spacial score (nSPS) is 10.3. The SMILES string of the molecule is Cc1nc(C(=O)N(C)c2ccc(F)cc2)n[nH]1. The molecule has 88 valence electrons. The first-order chi connectivity index (χ1) is 8.08. The largest absolute Gasteiger partial charge is 0.309 e. The number of aryl methyl sites for hydroxylation is 1. The van der Waals surface area contributed by atoms with Gasteiger partial charge in [-0.05, 0) is 31.2 Å². The predicted octanol–water partition coefficient (Wildman–Crippen LogP) is 1.53. The topological polar surface area (TPSA) is 61.9 Å².